The minimum atomic E-state index is -3.94. The van der Waals surface area contributed by atoms with Gasteiger partial charge in [0.15, 0.2) is 6.61 Å². The number of amides is 1. The van der Waals surface area contributed by atoms with Crippen LogP contribution in [-0.4, -0.2) is 51.4 Å². The Labute approximate surface area is 193 Å². The second kappa shape index (κ2) is 12.2. The van der Waals surface area contributed by atoms with E-state index in [4.69, 9.17) is 15.3 Å². The smallest absolute Gasteiger partial charge is 0.338 e. The van der Waals surface area contributed by atoms with Gasteiger partial charge >= 0.3 is 5.97 Å². The van der Waals surface area contributed by atoms with Gasteiger partial charge in [-0.2, -0.15) is 10.5 Å². The summed E-state index contributed by atoms with van der Waals surface area (Å²) >= 11 is 0. The van der Waals surface area contributed by atoms with Crippen molar-refractivity contribution in [1.82, 2.24) is 4.90 Å². The minimum absolute atomic E-state index is 0.0198. The van der Waals surface area contributed by atoms with E-state index in [1.807, 2.05) is 12.1 Å². The summed E-state index contributed by atoms with van der Waals surface area (Å²) in [5.41, 5.74) is 0.474. The van der Waals surface area contributed by atoms with Gasteiger partial charge in [-0.25, -0.2) is 13.2 Å². The number of esters is 1. The number of carbonyl (C=O) groups excluding carboxylic acids is 2. The maximum atomic E-state index is 13.2. The summed E-state index contributed by atoms with van der Waals surface area (Å²) in [6.45, 7) is 1.55. The molecule has 10 heteroatoms. The second-order valence-electron chi connectivity index (χ2n) is 6.81. The molecule has 0 bridgehead atoms. The van der Waals surface area contributed by atoms with Crippen LogP contribution >= 0.6 is 0 Å². The molecule has 0 saturated heterocycles. The van der Waals surface area contributed by atoms with Crippen LogP contribution in [-0.2, 0) is 19.6 Å². The quantitative estimate of drug-likeness (QED) is 0.463. The van der Waals surface area contributed by atoms with Crippen LogP contribution < -0.4 is 4.31 Å². The Hall–Kier alpha value is -3.89. The highest BCUT2D eigenvalue weighted by Gasteiger charge is 2.25. The van der Waals surface area contributed by atoms with E-state index >= 15 is 0 Å². The number of para-hydroxylation sites is 1. The molecule has 9 nitrogen and oxygen atoms in total. The van der Waals surface area contributed by atoms with E-state index in [2.05, 4.69) is 0 Å². The molecule has 0 spiro atoms. The summed E-state index contributed by atoms with van der Waals surface area (Å²) in [5.74, 6) is -1.40. The third-order valence-electron chi connectivity index (χ3n) is 4.66. The molecule has 0 aliphatic carbocycles. The second-order valence-corrected chi connectivity index (χ2v) is 8.67. The van der Waals surface area contributed by atoms with E-state index in [0.29, 0.717) is 5.69 Å². The standard InChI is InChI=1S/C23H24N4O5S/c1-2-27(20-10-4-3-5-11-20)33(30,31)21-12-6-9-19(17-21)23(29)32-18-22(28)26(15-7-13-24)16-8-14-25/h3-6,9-12,17H,2,7-8,15-16,18H2,1H3. The van der Waals surface area contributed by atoms with Gasteiger partial charge < -0.3 is 9.64 Å². The first-order chi connectivity index (χ1) is 15.8. The Morgan fingerprint density at radius 2 is 1.61 bits per heavy atom. The Kier molecular flexibility index (Phi) is 9.40. The summed E-state index contributed by atoms with van der Waals surface area (Å²) in [6.07, 6.45) is 0.167. The molecule has 0 N–H and O–H groups in total. The monoisotopic (exact) mass is 468 g/mol. The van der Waals surface area contributed by atoms with Gasteiger partial charge in [0, 0.05) is 19.6 Å². The van der Waals surface area contributed by atoms with E-state index in [0.717, 1.165) is 0 Å². The molecular weight excluding hydrogens is 444 g/mol. The number of benzene rings is 2. The fourth-order valence-corrected chi connectivity index (χ4v) is 4.55. The number of nitriles is 2. The van der Waals surface area contributed by atoms with Gasteiger partial charge in [-0.3, -0.25) is 9.10 Å². The third-order valence-corrected chi connectivity index (χ3v) is 6.55. The topological polar surface area (TPSA) is 132 Å². The van der Waals surface area contributed by atoms with E-state index in [1.54, 1.807) is 37.3 Å². The Morgan fingerprint density at radius 3 is 2.18 bits per heavy atom. The van der Waals surface area contributed by atoms with Gasteiger partial charge in [-0.15, -0.1) is 0 Å². The number of rotatable bonds is 11. The van der Waals surface area contributed by atoms with Crippen molar-refractivity contribution in [2.24, 2.45) is 0 Å². The first-order valence-corrected chi connectivity index (χ1v) is 11.7. The summed E-state index contributed by atoms with van der Waals surface area (Å²) in [7, 11) is -3.94. The van der Waals surface area contributed by atoms with Crippen molar-refractivity contribution >= 4 is 27.6 Å². The molecule has 0 fully saturated rings. The highest BCUT2D eigenvalue weighted by molar-refractivity contribution is 7.92. The molecule has 0 aromatic heterocycles. The fourth-order valence-electron chi connectivity index (χ4n) is 3.03. The zero-order valence-electron chi connectivity index (χ0n) is 18.2. The summed E-state index contributed by atoms with van der Waals surface area (Å²) in [4.78, 5) is 26.0. The van der Waals surface area contributed by atoms with Crippen molar-refractivity contribution in [3.8, 4) is 12.1 Å². The molecule has 0 unspecified atom stereocenters. The zero-order chi connectivity index (χ0) is 24.3. The molecule has 172 valence electrons. The number of hydrogen-bond donors (Lipinski definition) is 0. The third kappa shape index (κ3) is 6.79. The lowest BCUT2D eigenvalue weighted by atomic mass is 10.2. The van der Waals surface area contributed by atoms with Gasteiger partial charge in [0.05, 0.1) is 41.1 Å². The van der Waals surface area contributed by atoms with E-state index in [1.165, 1.54) is 33.5 Å². The summed E-state index contributed by atoms with van der Waals surface area (Å²) < 4.78 is 32.6. The first-order valence-electron chi connectivity index (χ1n) is 10.2. The number of nitrogens with zero attached hydrogens (tertiary/aromatic N) is 4. The van der Waals surface area contributed by atoms with Gasteiger partial charge in [0.1, 0.15) is 0 Å². The minimum Gasteiger partial charge on any atom is -0.452 e. The van der Waals surface area contributed by atoms with Crippen molar-refractivity contribution in [2.45, 2.75) is 24.7 Å². The van der Waals surface area contributed by atoms with Gasteiger partial charge in [-0.1, -0.05) is 24.3 Å². The van der Waals surface area contributed by atoms with Crippen molar-refractivity contribution in [2.75, 3.05) is 30.5 Å². The van der Waals surface area contributed by atoms with Crippen LogP contribution in [0.5, 0.6) is 0 Å². The number of sulfonamides is 1. The normalized spacial score (nSPS) is 10.5. The molecule has 33 heavy (non-hydrogen) atoms. The van der Waals surface area contributed by atoms with E-state index < -0.39 is 28.5 Å². The lowest BCUT2D eigenvalue weighted by Crippen LogP contribution is -2.36. The van der Waals surface area contributed by atoms with Crippen molar-refractivity contribution < 1.29 is 22.7 Å². The predicted octanol–water partition coefficient (Wildman–Crippen LogP) is 2.71. The fraction of sp³-hybridized carbons (Fsp3) is 0.304. The molecule has 2 aromatic rings. The van der Waals surface area contributed by atoms with Gasteiger partial charge in [-0.05, 0) is 37.3 Å². The van der Waals surface area contributed by atoms with Crippen LogP contribution in [0.2, 0.25) is 0 Å². The predicted molar refractivity (Wildman–Crippen MR) is 120 cm³/mol. The summed E-state index contributed by atoms with van der Waals surface area (Å²) in [5, 5.41) is 17.4. The highest BCUT2D eigenvalue weighted by atomic mass is 32.2. The molecule has 2 aromatic carbocycles. The number of anilines is 1. The molecule has 2 rings (SSSR count). The molecular formula is C23H24N4O5S. The van der Waals surface area contributed by atoms with Crippen molar-refractivity contribution in [3.63, 3.8) is 0 Å². The molecule has 1 amide bonds. The number of carbonyl (C=O) groups is 2. The van der Waals surface area contributed by atoms with Gasteiger partial charge in [0.25, 0.3) is 15.9 Å². The molecule has 0 radical (unpaired) electrons. The lowest BCUT2D eigenvalue weighted by molar-refractivity contribution is -0.134. The number of ether oxygens (including phenoxy) is 1. The van der Waals surface area contributed by atoms with Crippen LogP contribution in [0, 0.1) is 22.7 Å². The molecule has 0 heterocycles. The van der Waals surface area contributed by atoms with Crippen molar-refractivity contribution in [3.05, 3.63) is 60.2 Å². The molecule has 0 aliphatic heterocycles. The van der Waals surface area contributed by atoms with Crippen LogP contribution in [0.15, 0.2) is 59.5 Å². The Balaban J connectivity index is 2.15. The summed E-state index contributed by atoms with van der Waals surface area (Å²) in [6, 6.07) is 17.8. The average Bonchev–Trinajstić information content (AvgIpc) is 2.83. The van der Waals surface area contributed by atoms with Crippen LogP contribution in [0.25, 0.3) is 0 Å². The maximum absolute atomic E-state index is 13.2. The lowest BCUT2D eigenvalue weighted by Gasteiger charge is -2.23. The largest absolute Gasteiger partial charge is 0.452 e. The van der Waals surface area contributed by atoms with Crippen LogP contribution in [0.4, 0.5) is 5.69 Å². The average molecular weight is 469 g/mol. The molecule has 0 atom stereocenters. The van der Waals surface area contributed by atoms with E-state index in [-0.39, 0.29) is 42.9 Å². The van der Waals surface area contributed by atoms with Crippen molar-refractivity contribution in [1.29, 1.82) is 10.5 Å². The first kappa shape index (κ1) is 25.4. The molecule has 0 aliphatic rings. The SMILES string of the molecule is CCN(c1ccccc1)S(=O)(=O)c1cccc(C(=O)OCC(=O)N(CCC#N)CCC#N)c1. The highest BCUT2D eigenvalue weighted by Crippen LogP contribution is 2.24. The Morgan fingerprint density at radius 1 is 0.970 bits per heavy atom. The van der Waals surface area contributed by atoms with E-state index in [9.17, 15) is 18.0 Å². The number of hydrogen-bond acceptors (Lipinski definition) is 7. The van der Waals surface area contributed by atoms with Crippen LogP contribution in [0.1, 0.15) is 30.1 Å². The molecule has 0 saturated carbocycles. The Bertz CT molecular complexity index is 1140. The zero-order valence-corrected chi connectivity index (χ0v) is 19.0. The maximum Gasteiger partial charge on any atom is 0.338 e. The van der Waals surface area contributed by atoms with Gasteiger partial charge in [0.2, 0.25) is 0 Å². The van der Waals surface area contributed by atoms with Crippen LogP contribution in [0.3, 0.4) is 0 Å².